The van der Waals surface area contributed by atoms with Gasteiger partial charge < -0.3 is 14.8 Å². The van der Waals surface area contributed by atoms with E-state index in [1.54, 1.807) is 12.1 Å². The average Bonchev–Trinajstić information content (AvgIpc) is 2.61. The summed E-state index contributed by atoms with van der Waals surface area (Å²) in [5, 5.41) is 2.66. The summed E-state index contributed by atoms with van der Waals surface area (Å²) in [6.07, 6.45) is 2.52. The van der Waals surface area contributed by atoms with Crippen molar-refractivity contribution in [2.45, 2.75) is 13.8 Å². The Bertz CT molecular complexity index is 846. The van der Waals surface area contributed by atoms with Gasteiger partial charge in [-0.15, -0.1) is 0 Å². The molecule has 0 saturated heterocycles. The smallest absolute Gasteiger partial charge is 0.331 e. The van der Waals surface area contributed by atoms with Crippen LogP contribution in [0.25, 0.3) is 6.08 Å². The van der Waals surface area contributed by atoms with Gasteiger partial charge >= 0.3 is 5.97 Å². The molecule has 0 fully saturated rings. The van der Waals surface area contributed by atoms with Crippen molar-refractivity contribution >= 4 is 23.6 Å². The SMILES string of the molecule is COc1ccc(/C=C/C(=O)OCC(=O)Nc2ccc(C)c(C)c2)cc1F. The molecule has 0 heterocycles. The number of anilines is 1. The number of hydrogen-bond donors (Lipinski definition) is 1. The average molecular weight is 357 g/mol. The molecule has 2 aromatic rings. The molecule has 0 aliphatic heterocycles. The fraction of sp³-hybridized carbons (Fsp3) is 0.200. The first-order valence-corrected chi connectivity index (χ1v) is 7.94. The molecule has 0 aromatic heterocycles. The lowest BCUT2D eigenvalue weighted by molar-refractivity contribution is -0.142. The van der Waals surface area contributed by atoms with Gasteiger partial charge in [-0.05, 0) is 60.9 Å². The van der Waals surface area contributed by atoms with Gasteiger partial charge in [0, 0.05) is 11.8 Å². The maximum atomic E-state index is 13.6. The maximum absolute atomic E-state index is 13.6. The third-order valence-electron chi connectivity index (χ3n) is 3.72. The Morgan fingerprint density at radius 1 is 1.12 bits per heavy atom. The van der Waals surface area contributed by atoms with E-state index in [0.717, 1.165) is 17.2 Å². The summed E-state index contributed by atoms with van der Waals surface area (Å²) in [7, 11) is 1.37. The minimum Gasteiger partial charge on any atom is -0.494 e. The molecule has 1 N–H and O–H groups in total. The molecule has 2 aromatic carbocycles. The van der Waals surface area contributed by atoms with Crippen LogP contribution in [0.1, 0.15) is 16.7 Å². The second-order valence-electron chi connectivity index (χ2n) is 5.68. The highest BCUT2D eigenvalue weighted by Crippen LogP contribution is 2.18. The third-order valence-corrected chi connectivity index (χ3v) is 3.72. The lowest BCUT2D eigenvalue weighted by Crippen LogP contribution is -2.20. The second kappa shape index (κ2) is 8.80. The summed E-state index contributed by atoms with van der Waals surface area (Å²) in [6, 6.07) is 9.80. The number of rotatable bonds is 6. The summed E-state index contributed by atoms with van der Waals surface area (Å²) < 4.78 is 23.2. The Morgan fingerprint density at radius 3 is 2.54 bits per heavy atom. The van der Waals surface area contributed by atoms with E-state index in [2.05, 4.69) is 5.32 Å². The number of halogens is 1. The predicted molar refractivity (Wildman–Crippen MR) is 97.5 cm³/mol. The molecule has 0 unspecified atom stereocenters. The lowest BCUT2D eigenvalue weighted by atomic mass is 10.1. The monoisotopic (exact) mass is 357 g/mol. The predicted octanol–water partition coefficient (Wildman–Crippen LogP) is 3.65. The van der Waals surface area contributed by atoms with Crippen LogP contribution in [-0.4, -0.2) is 25.6 Å². The van der Waals surface area contributed by atoms with Gasteiger partial charge in [0.15, 0.2) is 18.2 Å². The van der Waals surface area contributed by atoms with Gasteiger partial charge in [0.25, 0.3) is 5.91 Å². The number of hydrogen-bond acceptors (Lipinski definition) is 4. The van der Waals surface area contributed by atoms with Crippen molar-refractivity contribution in [2.75, 3.05) is 19.0 Å². The number of benzene rings is 2. The summed E-state index contributed by atoms with van der Waals surface area (Å²) in [6.45, 7) is 3.51. The molecule has 0 aliphatic carbocycles. The summed E-state index contributed by atoms with van der Waals surface area (Å²) in [5.74, 6) is -1.55. The summed E-state index contributed by atoms with van der Waals surface area (Å²) in [4.78, 5) is 23.5. The first-order valence-electron chi connectivity index (χ1n) is 7.94. The third kappa shape index (κ3) is 5.44. The molecule has 0 bridgehead atoms. The van der Waals surface area contributed by atoms with Gasteiger partial charge in [0.2, 0.25) is 0 Å². The Kier molecular flexibility index (Phi) is 6.49. The number of aryl methyl sites for hydroxylation is 2. The van der Waals surface area contributed by atoms with Crippen LogP contribution in [0.15, 0.2) is 42.5 Å². The van der Waals surface area contributed by atoms with E-state index in [9.17, 15) is 14.0 Å². The number of carbonyl (C=O) groups is 2. The molecule has 0 atom stereocenters. The zero-order chi connectivity index (χ0) is 19.1. The molecular formula is C20H20FNO4. The number of esters is 1. The minimum absolute atomic E-state index is 0.118. The zero-order valence-corrected chi connectivity index (χ0v) is 14.8. The second-order valence-corrected chi connectivity index (χ2v) is 5.68. The van der Waals surface area contributed by atoms with Crippen LogP contribution in [0.3, 0.4) is 0 Å². The van der Waals surface area contributed by atoms with Crippen LogP contribution in [-0.2, 0) is 14.3 Å². The highest BCUT2D eigenvalue weighted by Gasteiger charge is 2.07. The molecule has 0 radical (unpaired) electrons. The van der Waals surface area contributed by atoms with E-state index in [4.69, 9.17) is 9.47 Å². The van der Waals surface area contributed by atoms with E-state index in [0.29, 0.717) is 11.3 Å². The van der Waals surface area contributed by atoms with Crippen molar-refractivity contribution in [3.8, 4) is 5.75 Å². The number of ether oxygens (including phenoxy) is 2. The van der Waals surface area contributed by atoms with E-state index in [-0.39, 0.29) is 5.75 Å². The van der Waals surface area contributed by atoms with Gasteiger partial charge in [0.1, 0.15) is 0 Å². The normalized spacial score (nSPS) is 10.6. The van der Waals surface area contributed by atoms with Crippen LogP contribution < -0.4 is 10.1 Å². The minimum atomic E-state index is -0.698. The molecular weight excluding hydrogens is 337 g/mol. The number of methoxy groups -OCH3 is 1. The van der Waals surface area contributed by atoms with Crippen molar-refractivity contribution in [3.63, 3.8) is 0 Å². The molecule has 136 valence electrons. The number of nitrogens with one attached hydrogen (secondary N) is 1. The topological polar surface area (TPSA) is 64.6 Å². The van der Waals surface area contributed by atoms with Crippen LogP contribution in [0, 0.1) is 19.7 Å². The summed E-state index contributed by atoms with van der Waals surface area (Å²) in [5.41, 5.74) is 3.28. The van der Waals surface area contributed by atoms with Crippen molar-refractivity contribution in [3.05, 3.63) is 65.0 Å². The first kappa shape index (κ1) is 19.2. The maximum Gasteiger partial charge on any atom is 0.331 e. The lowest BCUT2D eigenvalue weighted by Gasteiger charge is -2.07. The standard InChI is InChI=1S/C20H20FNO4/c1-13-4-7-16(10-14(13)2)22-19(23)12-26-20(24)9-6-15-5-8-18(25-3)17(21)11-15/h4-11H,12H2,1-3H3,(H,22,23)/b9-6+. The number of amides is 1. The van der Waals surface area contributed by atoms with Crippen molar-refractivity contribution in [1.82, 2.24) is 0 Å². The van der Waals surface area contributed by atoms with E-state index in [1.165, 1.54) is 25.3 Å². The van der Waals surface area contributed by atoms with Crippen molar-refractivity contribution in [2.24, 2.45) is 0 Å². The van der Waals surface area contributed by atoms with Crippen LogP contribution >= 0.6 is 0 Å². The van der Waals surface area contributed by atoms with Gasteiger partial charge in [0.05, 0.1) is 7.11 Å². The largest absolute Gasteiger partial charge is 0.494 e. The van der Waals surface area contributed by atoms with E-state index >= 15 is 0 Å². The van der Waals surface area contributed by atoms with Crippen LogP contribution in [0.4, 0.5) is 10.1 Å². The molecule has 0 spiro atoms. The number of carbonyl (C=O) groups excluding carboxylic acids is 2. The summed E-state index contributed by atoms with van der Waals surface area (Å²) >= 11 is 0. The highest BCUT2D eigenvalue weighted by atomic mass is 19.1. The van der Waals surface area contributed by atoms with Crippen molar-refractivity contribution < 1.29 is 23.5 Å². The Labute approximate surface area is 151 Å². The van der Waals surface area contributed by atoms with Gasteiger partial charge in [-0.25, -0.2) is 9.18 Å². The quantitative estimate of drug-likeness (QED) is 0.633. The first-order chi connectivity index (χ1) is 12.4. The molecule has 5 nitrogen and oxygen atoms in total. The molecule has 1 amide bonds. The molecule has 0 aliphatic rings. The van der Waals surface area contributed by atoms with Gasteiger partial charge in [-0.2, -0.15) is 0 Å². The molecule has 2 rings (SSSR count). The Hall–Kier alpha value is -3.15. The van der Waals surface area contributed by atoms with Crippen molar-refractivity contribution in [1.29, 1.82) is 0 Å². The highest BCUT2D eigenvalue weighted by molar-refractivity contribution is 5.94. The molecule has 26 heavy (non-hydrogen) atoms. The Morgan fingerprint density at radius 2 is 1.88 bits per heavy atom. The van der Waals surface area contributed by atoms with E-state index < -0.39 is 24.3 Å². The van der Waals surface area contributed by atoms with Gasteiger partial charge in [-0.1, -0.05) is 12.1 Å². The molecule has 0 saturated carbocycles. The Balaban J connectivity index is 1.84. The van der Waals surface area contributed by atoms with Crippen LogP contribution in [0.2, 0.25) is 0 Å². The molecule has 6 heteroatoms. The zero-order valence-electron chi connectivity index (χ0n) is 14.8. The van der Waals surface area contributed by atoms with Gasteiger partial charge in [-0.3, -0.25) is 4.79 Å². The fourth-order valence-corrected chi connectivity index (χ4v) is 2.15. The fourth-order valence-electron chi connectivity index (χ4n) is 2.15. The van der Waals surface area contributed by atoms with Crippen LogP contribution in [0.5, 0.6) is 5.75 Å². The van der Waals surface area contributed by atoms with E-state index in [1.807, 2.05) is 26.0 Å².